The summed E-state index contributed by atoms with van der Waals surface area (Å²) in [5, 5.41) is 0. The molecule has 0 spiro atoms. The van der Waals surface area contributed by atoms with E-state index in [0.717, 1.165) is 16.4 Å². The molecule has 0 aliphatic rings. The number of hydrogen-bond donors (Lipinski definition) is 0. The highest BCUT2D eigenvalue weighted by Gasteiger charge is 2.05. The number of aryl methyl sites for hydroxylation is 1. The van der Waals surface area contributed by atoms with Gasteiger partial charge in [-0.25, -0.2) is 4.98 Å². The minimum absolute atomic E-state index is 0.710. The van der Waals surface area contributed by atoms with Crippen LogP contribution in [0.4, 0.5) is 0 Å². The van der Waals surface area contributed by atoms with Crippen LogP contribution in [-0.2, 0) is 6.42 Å². The maximum absolute atomic E-state index is 5.12. The first kappa shape index (κ1) is 10.5. The molecule has 0 saturated carbocycles. The number of pyridine rings is 1. The van der Waals surface area contributed by atoms with Crippen molar-refractivity contribution in [1.82, 2.24) is 4.98 Å². The van der Waals surface area contributed by atoms with E-state index in [0.29, 0.717) is 5.88 Å². The molecular weight excluding hydrogens is 277 g/mol. The quantitative estimate of drug-likeness (QED) is 0.628. The van der Waals surface area contributed by atoms with Crippen LogP contribution in [0.15, 0.2) is 24.9 Å². The Morgan fingerprint density at radius 1 is 1.69 bits per heavy atom. The van der Waals surface area contributed by atoms with Crippen molar-refractivity contribution in [1.29, 1.82) is 0 Å². The van der Waals surface area contributed by atoms with Gasteiger partial charge in [-0.3, -0.25) is 0 Å². The van der Waals surface area contributed by atoms with Gasteiger partial charge in [-0.2, -0.15) is 0 Å². The lowest BCUT2D eigenvalue weighted by atomic mass is 10.1. The van der Waals surface area contributed by atoms with Crippen molar-refractivity contribution in [2.24, 2.45) is 0 Å². The summed E-state index contributed by atoms with van der Waals surface area (Å²) in [4.78, 5) is 4.11. The molecule has 0 fully saturated rings. The predicted octanol–water partition coefficient (Wildman–Crippen LogP) is 2.81. The van der Waals surface area contributed by atoms with Crippen LogP contribution < -0.4 is 4.74 Å². The summed E-state index contributed by atoms with van der Waals surface area (Å²) in [6.07, 6.45) is 5.69. The van der Waals surface area contributed by atoms with Gasteiger partial charge in [-0.05, 0) is 47.1 Å². The first-order valence-corrected chi connectivity index (χ1v) is 5.15. The van der Waals surface area contributed by atoms with Gasteiger partial charge in [0, 0.05) is 6.20 Å². The number of hydrogen-bond acceptors (Lipinski definition) is 2. The van der Waals surface area contributed by atoms with Gasteiger partial charge in [0.15, 0.2) is 0 Å². The Labute approximate surface area is 92.2 Å². The van der Waals surface area contributed by atoms with E-state index < -0.39 is 0 Å². The molecule has 13 heavy (non-hydrogen) atoms. The predicted molar refractivity (Wildman–Crippen MR) is 62.0 cm³/mol. The molecule has 2 nitrogen and oxygen atoms in total. The lowest BCUT2D eigenvalue weighted by Gasteiger charge is -2.06. The Bertz CT molecular complexity index is 299. The molecule has 1 heterocycles. The number of halogens is 1. The highest BCUT2D eigenvalue weighted by molar-refractivity contribution is 14.1. The maximum atomic E-state index is 5.12. The number of allylic oxidation sites excluding steroid dienone is 1. The average Bonchev–Trinajstić information content (AvgIpc) is 2.16. The third-order valence-corrected chi connectivity index (χ3v) is 2.90. The molecule has 1 aromatic heterocycles. The molecule has 0 radical (unpaired) electrons. The zero-order valence-electron chi connectivity index (χ0n) is 7.59. The summed E-state index contributed by atoms with van der Waals surface area (Å²) in [6.45, 7) is 3.70. The summed E-state index contributed by atoms with van der Waals surface area (Å²) < 4.78 is 6.22. The summed E-state index contributed by atoms with van der Waals surface area (Å²) in [7, 11) is 1.64. The second-order valence-corrected chi connectivity index (χ2v) is 3.70. The second kappa shape index (κ2) is 5.21. The first-order valence-electron chi connectivity index (χ1n) is 4.08. The van der Waals surface area contributed by atoms with E-state index in [1.165, 1.54) is 5.56 Å². The van der Waals surface area contributed by atoms with E-state index in [2.05, 4.69) is 34.2 Å². The lowest BCUT2D eigenvalue weighted by molar-refractivity contribution is 0.394. The van der Waals surface area contributed by atoms with Crippen LogP contribution in [0.2, 0.25) is 0 Å². The van der Waals surface area contributed by atoms with Gasteiger partial charge in [-0.15, -0.1) is 6.58 Å². The van der Waals surface area contributed by atoms with E-state index >= 15 is 0 Å². The molecule has 70 valence electrons. The SMILES string of the molecule is C=CCCc1ccnc(OC)c1I. The molecule has 0 aromatic carbocycles. The van der Waals surface area contributed by atoms with E-state index in [4.69, 9.17) is 4.74 Å². The molecule has 0 aliphatic carbocycles. The molecular formula is C10H12INO. The van der Waals surface area contributed by atoms with E-state index in [9.17, 15) is 0 Å². The van der Waals surface area contributed by atoms with Crippen LogP contribution in [0.1, 0.15) is 12.0 Å². The van der Waals surface area contributed by atoms with Crippen molar-refractivity contribution in [3.05, 3.63) is 34.1 Å². The van der Waals surface area contributed by atoms with Crippen LogP contribution in [0.5, 0.6) is 5.88 Å². The minimum atomic E-state index is 0.710. The van der Waals surface area contributed by atoms with Crippen molar-refractivity contribution in [2.45, 2.75) is 12.8 Å². The zero-order chi connectivity index (χ0) is 9.68. The summed E-state index contributed by atoms with van der Waals surface area (Å²) in [6, 6.07) is 2.02. The van der Waals surface area contributed by atoms with Gasteiger partial charge in [-0.1, -0.05) is 6.08 Å². The van der Waals surface area contributed by atoms with E-state index in [1.807, 2.05) is 12.1 Å². The summed E-state index contributed by atoms with van der Waals surface area (Å²) in [5.74, 6) is 0.710. The first-order chi connectivity index (χ1) is 6.29. The van der Waals surface area contributed by atoms with Crippen molar-refractivity contribution >= 4 is 22.6 Å². The van der Waals surface area contributed by atoms with E-state index in [1.54, 1.807) is 13.3 Å². The fourth-order valence-corrected chi connectivity index (χ4v) is 1.86. The van der Waals surface area contributed by atoms with Crippen LogP contribution in [0.25, 0.3) is 0 Å². The fraction of sp³-hybridized carbons (Fsp3) is 0.300. The normalized spacial score (nSPS) is 9.69. The van der Waals surface area contributed by atoms with Crippen LogP contribution in [0, 0.1) is 3.57 Å². The molecule has 0 amide bonds. The van der Waals surface area contributed by atoms with Gasteiger partial charge in [0.05, 0.1) is 10.7 Å². The third-order valence-electron chi connectivity index (χ3n) is 1.75. The Balaban J connectivity index is 2.87. The molecule has 1 rings (SSSR count). The second-order valence-electron chi connectivity index (χ2n) is 2.62. The minimum Gasteiger partial charge on any atom is -0.480 e. The zero-order valence-corrected chi connectivity index (χ0v) is 9.74. The molecule has 0 atom stereocenters. The number of nitrogens with zero attached hydrogens (tertiary/aromatic N) is 1. The van der Waals surface area contributed by atoms with Crippen molar-refractivity contribution in [3.8, 4) is 5.88 Å². The van der Waals surface area contributed by atoms with Gasteiger partial charge in [0.2, 0.25) is 5.88 Å². The van der Waals surface area contributed by atoms with Crippen LogP contribution >= 0.6 is 22.6 Å². The van der Waals surface area contributed by atoms with Gasteiger partial charge < -0.3 is 4.74 Å². The van der Waals surface area contributed by atoms with Crippen molar-refractivity contribution in [3.63, 3.8) is 0 Å². The van der Waals surface area contributed by atoms with Crippen LogP contribution in [0.3, 0.4) is 0 Å². The molecule has 0 aliphatic heterocycles. The summed E-state index contributed by atoms with van der Waals surface area (Å²) in [5.41, 5.74) is 1.27. The van der Waals surface area contributed by atoms with E-state index in [-0.39, 0.29) is 0 Å². The largest absolute Gasteiger partial charge is 0.480 e. The monoisotopic (exact) mass is 289 g/mol. The number of aromatic nitrogens is 1. The Morgan fingerprint density at radius 2 is 2.46 bits per heavy atom. The van der Waals surface area contributed by atoms with Gasteiger partial charge >= 0.3 is 0 Å². The van der Waals surface area contributed by atoms with Crippen LogP contribution in [-0.4, -0.2) is 12.1 Å². The highest BCUT2D eigenvalue weighted by Crippen LogP contribution is 2.22. The standard InChI is InChI=1S/C10H12INO/c1-3-4-5-8-6-7-12-10(13-2)9(8)11/h3,6-7H,1,4-5H2,2H3. The smallest absolute Gasteiger partial charge is 0.227 e. The average molecular weight is 289 g/mol. The number of rotatable bonds is 4. The molecule has 1 aromatic rings. The fourth-order valence-electron chi connectivity index (χ4n) is 1.06. The molecule has 0 unspecified atom stereocenters. The van der Waals surface area contributed by atoms with Crippen molar-refractivity contribution in [2.75, 3.05) is 7.11 Å². The Kier molecular flexibility index (Phi) is 4.21. The number of methoxy groups -OCH3 is 1. The highest BCUT2D eigenvalue weighted by atomic mass is 127. The Morgan fingerprint density at radius 3 is 3.08 bits per heavy atom. The lowest BCUT2D eigenvalue weighted by Crippen LogP contribution is -1.95. The van der Waals surface area contributed by atoms with Gasteiger partial charge in [0.1, 0.15) is 0 Å². The van der Waals surface area contributed by atoms with Crippen molar-refractivity contribution < 1.29 is 4.74 Å². The molecule has 3 heteroatoms. The number of ether oxygens (including phenoxy) is 1. The third kappa shape index (κ3) is 2.69. The topological polar surface area (TPSA) is 22.1 Å². The Hall–Kier alpha value is -0.580. The molecule has 0 N–H and O–H groups in total. The molecule has 0 bridgehead atoms. The maximum Gasteiger partial charge on any atom is 0.227 e. The summed E-state index contributed by atoms with van der Waals surface area (Å²) >= 11 is 2.26. The molecule has 0 saturated heterocycles. The van der Waals surface area contributed by atoms with Gasteiger partial charge in [0.25, 0.3) is 0 Å².